The van der Waals surface area contributed by atoms with Gasteiger partial charge in [-0.1, -0.05) is 18.2 Å². The number of carboxylic acids is 1. The van der Waals surface area contributed by atoms with Gasteiger partial charge in [-0.3, -0.25) is 4.72 Å². The van der Waals surface area contributed by atoms with Crippen LogP contribution in [0.1, 0.15) is 24.2 Å². The van der Waals surface area contributed by atoms with Crippen molar-refractivity contribution < 1.29 is 18.3 Å². The second-order valence-corrected chi connectivity index (χ2v) is 6.94. The molecule has 0 amide bonds. The van der Waals surface area contributed by atoms with Crippen molar-refractivity contribution in [2.45, 2.75) is 24.8 Å². The van der Waals surface area contributed by atoms with E-state index in [0.29, 0.717) is 11.4 Å². The summed E-state index contributed by atoms with van der Waals surface area (Å²) in [6.45, 7) is 3.73. The third-order valence-electron chi connectivity index (χ3n) is 2.99. The average Bonchev–Trinajstić information content (AvgIpc) is 2.47. The third-order valence-corrected chi connectivity index (χ3v) is 4.41. The van der Waals surface area contributed by atoms with E-state index in [0.717, 1.165) is 6.07 Å². The summed E-state index contributed by atoms with van der Waals surface area (Å²) >= 11 is 0. The first-order valence-corrected chi connectivity index (χ1v) is 8.49. The summed E-state index contributed by atoms with van der Waals surface area (Å²) in [6, 6.07) is 12.4. The first kappa shape index (κ1) is 16.8. The van der Waals surface area contributed by atoms with E-state index >= 15 is 0 Å². The molecule has 0 heterocycles. The minimum absolute atomic E-state index is 0.00338. The molecular formula is C16H18N2O4S. The molecule has 3 N–H and O–H groups in total. The van der Waals surface area contributed by atoms with Crippen LogP contribution in [-0.2, 0) is 10.0 Å². The van der Waals surface area contributed by atoms with Gasteiger partial charge in [0.2, 0.25) is 0 Å². The molecule has 0 fully saturated rings. The first-order chi connectivity index (χ1) is 10.8. The molecular weight excluding hydrogens is 316 g/mol. The number of hydrogen-bond donors (Lipinski definition) is 3. The van der Waals surface area contributed by atoms with Crippen molar-refractivity contribution in [1.29, 1.82) is 0 Å². The molecule has 23 heavy (non-hydrogen) atoms. The molecule has 2 aromatic carbocycles. The van der Waals surface area contributed by atoms with Crippen molar-refractivity contribution in [1.82, 2.24) is 0 Å². The first-order valence-electron chi connectivity index (χ1n) is 7.01. The number of hydrogen-bond acceptors (Lipinski definition) is 4. The summed E-state index contributed by atoms with van der Waals surface area (Å²) in [4.78, 5) is 11.0. The molecule has 0 saturated carbocycles. The predicted molar refractivity (Wildman–Crippen MR) is 89.4 cm³/mol. The summed E-state index contributed by atoms with van der Waals surface area (Å²) in [5, 5.41) is 12.1. The summed E-state index contributed by atoms with van der Waals surface area (Å²) in [7, 11) is -3.92. The van der Waals surface area contributed by atoms with Gasteiger partial charge in [-0.05, 0) is 44.2 Å². The highest BCUT2D eigenvalue weighted by molar-refractivity contribution is 7.92. The number of rotatable bonds is 6. The van der Waals surface area contributed by atoms with E-state index in [1.54, 1.807) is 30.3 Å². The molecule has 6 nitrogen and oxygen atoms in total. The zero-order chi connectivity index (χ0) is 17.0. The maximum atomic E-state index is 12.6. The van der Waals surface area contributed by atoms with Gasteiger partial charge in [0.25, 0.3) is 10.0 Å². The normalized spacial score (nSPS) is 11.3. The standard InChI is InChI=1S/C16H18N2O4S/c1-11(2)17-14-9-8-12(16(19)20)10-15(14)23(21,22)18-13-6-4-3-5-7-13/h3-11,17-18H,1-2H3,(H,19,20). The van der Waals surface area contributed by atoms with E-state index in [2.05, 4.69) is 10.0 Å². The second-order valence-electron chi connectivity index (χ2n) is 5.29. The van der Waals surface area contributed by atoms with Crippen LogP contribution < -0.4 is 10.0 Å². The van der Waals surface area contributed by atoms with E-state index in [4.69, 9.17) is 5.11 Å². The number of nitrogens with one attached hydrogen (secondary N) is 2. The van der Waals surface area contributed by atoms with Gasteiger partial charge in [-0.25, -0.2) is 13.2 Å². The fourth-order valence-electron chi connectivity index (χ4n) is 2.02. The number of sulfonamides is 1. The molecule has 0 spiro atoms. The third kappa shape index (κ3) is 4.23. The largest absolute Gasteiger partial charge is 0.478 e. The predicted octanol–water partition coefficient (Wildman–Crippen LogP) is 3.01. The van der Waals surface area contributed by atoms with Crippen LogP contribution in [0.25, 0.3) is 0 Å². The molecule has 2 aromatic rings. The van der Waals surface area contributed by atoms with E-state index in [1.165, 1.54) is 12.1 Å². The Morgan fingerprint density at radius 2 is 1.74 bits per heavy atom. The Morgan fingerprint density at radius 1 is 1.09 bits per heavy atom. The Morgan fingerprint density at radius 3 is 2.30 bits per heavy atom. The van der Waals surface area contributed by atoms with Gasteiger partial charge in [-0.15, -0.1) is 0 Å². The molecule has 0 bridgehead atoms. The van der Waals surface area contributed by atoms with Crippen molar-refractivity contribution in [2.24, 2.45) is 0 Å². The van der Waals surface area contributed by atoms with Crippen LogP contribution in [0.15, 0.2) is 53.4 Å². The van der Waals surface area contributed by atoms with Crippen LogP contribution in [-0.4, -0.2) is 25.5 Å². The molecule has 0 saturated heterocycles. The molecule has 0 aliphatic carbocycles. The average molecular weight is 334 g/mol. The quantitative estimate of drug-likeness (QED) is 0.755. The highest BCUT2D eigenvalue weighted by Gasteiger charge is 2.21. The lowest BCUT2D eigenvalue weighted by molar-refractivity contribution is 0.0696. The lowest BCUT2D eigenvalue weighted by Gasteiger charge is -2.16. The van der Waals surface area contributed by atoms with Crippen LogP contribution in [0.3, 0.4) is 0 Å². The van der Waals surface area contributed by atoms with Gasteiger partial charge in [0, 0.05) is 11.7 Å². The molecule has 0 aliphatic heterocycles. The Balaban J connectivity index is 2.49. The minimum Gasteiger partial charge on any atom is -0.478 e. The summed E-state index contributed by atoms with van der Waals surface area (Å²) in [5.74, 6) is -1.18. The van der Waals surface area contributed by atoms with E-state index in [-0.39, 0.29) is 16.5 Å². The molecule has 7 heteroatoms. The zero-order valence-corrected chi connectivity index (χ0v) is 13.6. The topological polar surface area (TPSA) is 95.5 Å². The monoisotopic (exact) mass is 334 g/mol. The van der Waals surface area contributed by atoms with Crippen molar-refractivity contribution in [2.75, 3.05) is 10.0 Å². The smallest absolute Gasteiger partial charge is 0.335 e. The molecule has 0 atom stereocenters. The molecule has 0 unspecified atom stereocenters. The van der Waals surface area contributed by atoms with Crippen molar-refractivity contribution >= 4 is 27.4 Å². The van der Waals surface area contributed by atoms with Gasteiger partial charge in [0.15, 0.2) is 0 Å². The summed E-state index contributed by atoms with van der Waals surface area (Å²) in [5.41, 5.74) is 0.671. The minimum atomic E-state index is -3.92. The van der Waals surface area contributed by atoms with Crippen LogP contribution in [0.4, 0.5) is 11.4 Å². The number of para-hydroxylation sites is 1. The number of carboxylic acid groups (broad SMARTS) is 1. The fourth-order valence-corrected chi connectivity index (χ4v) is 3.28. The van der Waals surface area contributed by atoms with Crippen LogP contribution in [0, 0.1) is 0 Å². The Labute approximate surface area is 135 Å². The Bertz CT molecular complexity index is 802. The molecule has 0 aliphatic rings. The van der Waals surface area contributed by atoms with Gasteiger partial charge in [0.1, 0.15) is 4.90 Å². The van der Waals surface area contributed by atoms with Crippen molar-refractivity contribution in [3.8, 4) is 0 Å². The summed E-state index contributed by atoms with van der Waals surface area (Å²) in [6.07, 6.45) is 0. The van der Waals surface area contributed by atoms with Gasteiger partial charge >= 0.3 is 5.97 Å². The highest BCUT2D eigenvalue weighted by atomic mass is 32.2. The van der Waals surface area contributed by atoms with E-state index < -0.39 is 16.0 Å². The maximum Gasteiger partial charge on any atom is 0.335 e. The van der Waals surface area contributed by atoms with Crippen LogP contribution >= 0.6 is 0 Å². The van der Waals surface area contributed by atoms with Crippen molar-refractivity contribution in [3.05, 3.63) is 54.1 Å². The maximum absolute atomic E-state index is 12.6. The lowest BCUT2D eigenvalue weighted by Crippen LogP contribution is -2.18. The molecule has 2 rings (SSSR count). The second kappa shape index (κ2) is 6.70. The molecule has 122 valence electrons. The Kier molecular flexibility index (Phi) is 4.90. The van der Waals surface area contributed by atoms with Crippen molar-refractivity contribution in [3.63, 3.8) is 0 Å². The zero-order valence-electron chi connectivity index (χ0n) is 12.8. The molecule has 0 radical (unpaired) electrons. The van der Waals surface area contributed by atoms with E-state index in [1.807, 2.05) is 13.8 Å². The number of benzene rings is 2. The van der Waals surface area contributed by atoms with E-state index in [9.17, 15) is 13.2 Å². The van der Waals surface area contributed by atoms with Gasteiger partial charge < -0.3 is 10.4 Å². The lowest BCUT2D eigenvalue weighted by atomic mass is 10.2. The number of anilines is 2. The Hall–Kier alpha value is -2.54. The van der Waals surface area contributed by atoms with Gasteiger partial charge in [-0.2, -0.15) is 0 Å². The molecule has 0 aromatic heterocycles. The SMILES string of the molecule is CC(C)Nc1ccc(C(=O)O)cc1S(=O)(=O)Nc1ccccc1. The summed E-state index contributed by atoms with van der Waals surface area (Å²) < 4.78 is 27.7. The van der Waals surface area contributed by atoms with Crippen LogP contribution in [0.5, 0.6) is 0 Å². The fraction of sp³-hybridized carbons (Fsp3) is 0.188. The van der Waals surface area contributed by atoms with Crippen LogP contribution in [0.2, 0.25) is 0 Å². The highest BCUT2D eigenvalue weighted by Crippen LogP contribution is 2.26. The van der Waals surface area contributed by atoms with Gasteiger partial charge in [0.05, 0.1) is 11.3 Å². The number of carbonyl (C=O) groups is 1. The number of aromatic carboxylic acids is 1.